The second-order valence-corrected chi connectivity index (χ2v) is 14.0. The molecular weight excluding hydrogens is 435 g/mol. The molecule has 1 amide bonds. The molecule has 2 rings (SSSR count). The van der Waals surface area contributed by atoms with Crippen molar-refractivity contribution in [2.24, 2.45) is 0 Å². The Balaban J connectivity index is 2.47. The molecule has 0 aliphatic carbocycles. The Labute approximate surface area is 189 Å². The van der Waals surface area contributed by atoms with E-state index in [2.05, 4.69) is 0 Å². The lowest BCUT2D eigenvalue weighted by Crippen LogP contribution is -2.68. The molecule has 1 atom stereocenters. The van der Waals surface area contributed by atoms with Crippen LogP contribution in [0.15, 0.2) is 60.7 Å². The molecule has 0 aromatic heterocycles. The van der Waals surface area contributed by atoms with Crippen LogP contribution >= 0.6 is 0 Å². The molecule has 32 heavy (non-hydrogen) atoms. The first-order valence-electron chi connectivity index (χ1n) is 10.5. The number of halogens is 3. The van der Waals surface area contributed by atoms with Crippen LogP contribution in [0.5, 0.6) is 0 Å². The third-order valence-corrected chi connectivity index (χ3v) is 9.97. The summed E-state index contributed by atoms with van der Waals surface area (Å²) in [7, 11) is -3.18. The number of alkyl halides is 3. The van der Waals surface area contributed by atoms with Crippen molar-refractivity contribution in [1.29, 1.82) is 0 Å². The predicted molar refractivity (Wildman–Crippen MR) is 123 cm³/mol. The van der Waals surface area contributed by atoms with Gasteiger partial charge in [0.15, 0.2) is 0 Å². The average Bonchev–Trinajstić information content (AvgIpc) is 2.66. The van der Waals surface area contributed by atoms with Crippen LogP contribution in [0.3, 0.4) is 0 Å². The van der Waals surface area contributed by atoms with E-state index in [9.17, 15) is 18.0 Å². The summed E-state index contributed by atoms with van der Waals surface area (Å²) >= 11 is 0. The number of hydrogen-bond acceptors (Lipinski definition) is 3. The first-order valence-corrected chi connectivity index (χ1v) is 12.4. The summed E-state index contributed by atoms with van der Waals surface area (Å²) < 4.78 is 52.9. The van der Waals surface area contributed by atoms with Gasteiger partial charge in [-0.1, -0.05) is 81.4 Å². The van der Waals surface area contributed by atoms with Crippen LogP contribution in [0, 0.1) is 0 Å². The van der Waals surface area contributed by atoms with E-state index in [1.165, 1.54) is 0 Å². The van der Waals surface area contributed by atoms with Gasteiger partial charge in [-0.2, -0.15) is 13.2 Å². The number of ether oxygens (including phenoxy) is 1. The molecular formula is C24H32F3NO3Si. The Morgan fingerprint density at radius 2 is 1.31 bits per heavy atom. The van der Waals surface area contributed by atoms with Gasteiger partial charge in [-0.15, -0.1) is 0 Å². The maximum Gasteiger partial charge on any atom is 0.410 e. The highest BCUT2D eigenvalue weighted by atomic mass is 28.4. The highest BCUT2D eigenvalue weighted by Crippen LogP contribution is 2.37. The zero-order valence-electron chi connectivity index (χ0n) is 19.4. The monoisotopic (exact) mass is 467 g/mol. The first kappa shape index (κ1) is 25.9. The van der Waals surface area contributed by atoms with Gasteiger partial charge in [0.2, 0.25) is 0 Å². The van der Waals surface area contributed by atoms with Crippen molar-refractivity contribution in [2.45, 2.75) is 64.4 Å². The Morgan fingerprint density at radius 3 is 1.66 bits per heavy atom. The molecule has 1 N–H and O–H groups in total. The van der Waals surface area contributed by atoms with Crippen molar-refractivity contribution in [2.75, 3.05) is 6.61 Å². The van der Waals surface area contributed by atoms with Crippen molar-refractivity contribution >= 4 is 24.8 Å². The van der Waals surface area contributed by atoms with E-state index in [0.29, 0.717) is 0 Å². The molecule has 8 heteroatoms. The maximum atomic E-state index is 13.9. The summed E-state index contributed by atoms with van der Waals surface area (Å²) in [5.74, 6) is 0. The summed E-state index contributed by atoms with van der Waals surface area (Å²) in [6.07, 6.45) is -5.84. The van der Waals surface area contributed by atoms with Crippen molar-refractivity contribution < 1.29 is 27.1 Å². The van der Waals surface area contributed by atoms with Crippen LogP contribution in [-0.2, 0) is 9.16 Å². The zero-order chi connectivity index (χ0) is 24.2. The minimum atomic E-state index is -4.71. The number of alkyl carbamates (subject to hydrolysis) is 1. The van der Waals surface area contributed by atoms with Crippen LogP contribution < -0.4 is 15.7 Å². The van der Waals surface area contributed by atoms with Crippen molar-refractivity contribution in [3.05, 3.63) is 60.7 Å². The van der Waals surface area contributed by atoms with Gasteiger partial charge in [0.05, 0.1) is 6.61 Å². The average molecular weight is 468 g/mol. The van der Waals surface area contributed by atoms with Gasteiger partial charge in [0.25, 0.3) is 8.32 Å². The van der Waals surface area contributed by atoms with Crippen LogP contribution in [0.2, 0.25) is 5.04 Å². The summed E-state index contributed by atoms with van der Waals surface area (Å²) in [6, 6.07) is 16.5. The largest absolute Gasteiger partial charge is 0.444 e. The standard InChI is InChI=1S/C24H32F3NO3Si/c1-22(2,3)31-21(29)28-20(24(25,26)27)17-30-32(23(4,5)6,18-13-9-7-10-14-18)19-15-11-8-12-16-19/h7-16,20H,17H2,1-6H3,(H,28,29). The van der Waals surface area contributed by atoms with Crippen molar-refractivity contribution in [3.63, 3.8) is 0 Å². The summed E-state index contributed by atoms with van der Waals surface area (Å²) in [5.41, 5.74) is -0.918. The Hall–Kier alpha value is -2.32. The van der Waals surface area contributed by atoms with Crippen LogP contribution in [0.1, 0.15) is 41.5 Å². The fourth-order valence-electron chi connectivity index (χ4n) is 3.64. The second-order valence-electron chi connectivity index (χ2n) is 9.71. The molecule has 2 aromatic rings. The minimum Gasteiger partial charge on any atom is -0.444 e. The molecule has 176 valence electrons. The van der Waals surface area contributed by atoms with E-state index in [4.69, 9.17) is 9.16 Å². The highest BCUT2D eigenvalue weighted by molar-refractivity contribution is 6.99. The topological polar surface area (TPSA) is 47.6 Å². The molecule has 0 aliphatic rings. The molecule has 0 radical (unpaired) electrons. The fraction of sp³-hybridized carbons (Fsp3) is 0.458. The van der Waals surface area contributed by atoms with Gasteiger partial charge in [0.1, 0.15) is 11.6 Å². The third-order valence-electron chi connectivity index (χ3n) is 4.97. The fourth-order valence-corrected chi connectivity index (χ4v) is 8.21. The molecule has 4 nitrogen and oxygen atoms in total. The third kappa shape index (κ3) is 6.35. The molecule has 2 aromatic carbocycles. The smallest absolute Gasteiger partial charge is 0.410 e. The Kier molecular flexibility index (Phi) is 7.83. The lowest BCUT2D eigenvalue weighted by Gasteiger charge is -2.43. The van der Waals surface area contributed by atoms with Gasteiger partial charge in [0, 0.05) is 0 Å². The lowest BCUT2D eigenvalue weighted by atomic mass is 10.2. The lowest BCUT2D eigenvalue weighted by molar-refractivity contribution is -0.161. The van der Waals surface area contributed by atoms with E-state index in [0.717, 1.165) is 10.4 Å². The van der Waals surface area contributed by atoms with E-state index < -0.39 is 43.9 Å². The molecule has 0 heterocycles. The minimum absolute atomic E-state index is 0.488. The van der Waals surface area contributed by atoms with Gasteiger partial charge >= 0.3 is 12.3 Å². The van der Waals surface area contributed by atoms with E-state index in [-0.39, 0.29) is 0 Å². The molecule has 0 saturated heterocycles. The number of benzene rings is 2. The van der Waals surface area contributed by atoms with Crippen LogP contribution in [-0.4, -0.2) is 38.8 Å². The SMILES string of the molecule is CC(C)(C)OC(=O)NC(CO[Si](c1ccccc1)(c1ccccc1)C(C)(C)C)C(F)(F)F. The van der Waals surface area contributed by atoms with Crippen molar-refractivity contribution in [1.82, 2.24) is 5.32 Å². The highest BCUT2D eigenvalue weighted by Gasteiger charge is 2.52. The zero-order valence-corrected chi connectivity index (χ0v) is 20.4. The van der Waals surface area contributed by atoms with E-state index in [1.807, 2.05) is 86.8 Å². The number of carbonyl (C=O) groups excluding carboxylic acids is 1. The van der Waals surface area contributed by atoms with E-state index >= 15 is 0 Å². The molecule has 0 fully saturated rings. The number of carbonyl (C=O) groups is 1. The summed E-state index contributed by atoms with van der Waals surface area (Å²) in [6.45, 7) is 9.97. The summed E-state index contributed by atoms with van der Waals surface area (Å²) in [5, 5.41) is 3.18. The van der Waals surface area contributed by atoms with Crippen LogP contribution in [0.25, 0.3) is 0 Å². The van der Waals surface area contributed by atoms with Gasteiger partial charge in [-0.3, -0.25) is 0 Å². The normalized spacial score (nSPS) is 14.0. The number of amides is 1. The molecule has 1 unspecified atom stereocenters. The second kappa shape index (κ2) is 9.66. The Bertz CT molecular complexity index is 836. The maximum absolute atomic E-state index is 13.9. The molecule has 0 saturated carbocycles. The number of rotatable bonds is 6. The molecule has 0 aliphatic heterocycles. The molecule has 0 spiro atoms. The van der Waals surface area contributed by atoms with Crippen molar-refractivity contribution in [3.8, 4) is 0 Å². The van der Waals surface area contributed by atoms with E-state index in [1.54, 1.807) is 20.8 Å². The number of hydrogen-bond donors (Lipinski definition) is 1. The molecule has 0 bridgehead atoms. The first-order chi connectivity index (χ1) is 14.7. The van der Waals surface area contributed by atoms with Gasteiger partial charge in [-0.05, 0) is 36.2 Å². The quantitative estimate of drug-likeness (QED) is 0.607. The van der Waals surface area contributed by atoms with Gasteiger partial charge < -0.3 is 14.5 Å². The summed E-state index contributed by atoms with van der Waals surface area (Å²) in [4.78, 5) is 12.1. The number of nitrogens with one attached hydrogen (secondary N) is 1. The van der Waals surface area contributed by atoms with Crippen LogP contribution in [0.4, 0.5) is 18.0 Å². The predicted octanol–water partition coefficient (Wildman–Crippen LogP) is 5.02. The van der Waals surface area contributed by atoms with Gasteiger partial charge in [-0.25, -0.2) is 4.79 Å². The Morgan fingerprint density at radius 1 is 0.875 bits per heavy atom.